The molecule has 2 heterocycles. The van der Waals surface area contributed by atoms with Crippen molar-refractivity contribution in [1.82, 2.24) is 14.5 Å². The van der Waals surface area contributed by atoms with Crippen LogP contribution in [-0.2, 0) is 0 Å². The molecule has 14 heavy (non-hydrogen) atoms. The predicted octanol–water partition coefficient (Wildman–Crippen LogP) is 1.93. The number of hydrogen-bond acceptors (Lipinski definition) is 3. The van der Waals surface area contributed by atoms with E-state index in [4.69, 9.17) is 16.3 Å². The quantitative estimate of drug-likeness (QED) is 0.759. The first-order valence-corrected chi connectivity index (χ1v) is 4.38. The van der Waals surface area contributed by atoms with Crippen molar-refractivity contribution >= 4 is 11.6 Å². The number of nitrogens with zero attached hydrogens (tertiary/aromatic N) is 3. The Bertz CT molecular complexity index is 441. The third-order valence-electron chi connectivity index (χ3n) is 1.77. The smallest absolute Gasteiger partial charge is 0.180 e. The Balaban J connectivity index is 2.50. The lowest BCUT2D eigenvalue weighted by atomic mass is 10.4. The van der Waals surface area contributed by atoms with E-state index in [2.05, 4.69) is 9.97 Å². The fourth-order valence-electron chi connectivity index (χ4n) is 1.15. The van der Waals surface area contributed by atoms with Gasteiger partial charge in [-0.1, -0.05) is 11.6 Å². The predicted molar refractivity (Wildman–Crippen MR) is 52.9 cm³/mol. The van der Waals surface area contributed by atoms with Gasteiger partial charge in [-0.25, -0.2) is 9.97 Å². The van der Waals surface area contributed by atoms with Crippen molar-refractivity contribution in [2.45, 2.75) is 0 Å². The summed E-state index contributed by atoms with van der Waals surface area (Å²) in [5.74, 6) is 1.36. The summed E-state index contributed by atoms with van der Waals surface area (Å²) >= 11 is 5.71. The second-order valence-electron chi connectivity index (χ2n) is 2.63. The first-order valence-electron chi connectivity index (χ1n) is 4.00. The molecule has 2 rings (SSSR count). The van der Waals surface area contributed by atoms with Gasteiger partial charge in [-0.3, -0.25) is 4.57 Å². The van der Waals surface area contributed by atoms with Crippen LogP contribution in [0.3, 0.4) is 0 Å². The average Bonchev–Trinajstić information content (AvgIpc) is 2.65. The molecule has 0 aliphatic carbocycles. The molecule has 0 saturated heterocycles. The van der Waals surface area contributed by atoms with Gasteiger partial charge in [0.1, 0.15) is 11.5 Å². The van der Waals surface area contributed by atoms with E-state index in [0.29, 0.717) is 16.7 Å². The van der Waals surface area contributed by atoms with Crippen LogP contribution >= 0.6 is 11.6 Å². The van der Waals surface area contributed by atoms with E-state index in [-0.39, 0.29) is 0 Å². The molecule has 2 aromatic rings. The minimum Gasteiger partial charge on any atom is -0.493 e. The Morgan fingerprint density at radius 3 is 2.93 bits per heavy atom. The van der Waals surface area contributed by atoms with Crippen LogP contribution in [0.5, 0.6) is 5.75 Å². The summed E-state index contributed by atoms with van der Waals surface area (Å²) in [6, 6.07) is 3.64. The van der Waals surface area contributed by atoms with Gasteiger partial charge in [-0.05, 0) is 12.1 Å². The molecule has 0 aromatic carbocycles. The summed E-state index contributed by atoms with van der Waals surface area (Å²) in [4.78, 5) is 8.07. The minimum atomic E-state index is 0.428. The van der Waals surface area contributed by atoms with Crippen LogP contribution in [0, 0.1) is 0 Å². The lowest BCUT2D eigenvalue weighted by Gasteiger charge is -2.06. The molecule has 0 amide bonds. The largest absolute Gasteiger partial charge is 0.493 e. The molecule has 0 unspecified atom stereocenters. The van der Waals surface area contributed by atoms with Gasteiger partial charge in [0, 0.05) is 12.4 Å². The van der Waals surface area contributed by atoms with Crippen molar-refractivity contribution < 1.29 is 4.74 Å². The Morgan fingerprint density at radius 1 is 1.43 bits per heavy atom. The van der Waals surface area contributed by atoms with Crippen molar-refractivity contribution in [3.63, 3.8) is 0 Å². The van der Waals surface area contributed by atoms with E-state index in [1.165, 1.54) is 0 Å². The first-order chi connectivity index (χ1) is 6.81. The molecular weight excluding hydrogens is 202 g/mol. The van der Waals surface area contributed by atoms with Gasteiger partial charge in [0.15, 0.2) is 11.6 Å². The third kappa shape index (κ3) is 1.56. The number of pyridine rings is 1. The highest BCUT2D eigenvalue weighted by atomic mass is 35.5. The maximum Gasteiger partial charge on any atom is 0.180 e. The van der Waals surface area contributed by atoms with Crippen molar-refractivity contribution in [1.29, 1.82) is 0 Å². The summed E-state index contributed by atoms with van der Waals surface area (Å²) in [6.07, 6.45) is 4.95. The Kier molecular flexibility index (Phi) is 2.37. The zero-order valence-electron chi connectivity index (χ0n) is 7.51. The highest BCUT2D eigenvalue weighted by molar-refractivity contribution is 6.29. The molecule has 72 valence electrons. The van der Waals surface area contributed by atoms with Gasteiger partial charge in [-0.15, -0.1) is 0 Å². The summed E-state index contributed by atoms with van der Waals surface area (Å²) in [7, 11) is 1.60. The highest BCUT2D eigenvalue weighted by Gasteiger charge is 2.05. The van der Waals surface area contributed by atoms with Crippen LogP contribution in [0.2, 0.25) is 5.15 Å². The molecular formula is C9H8ClN3O. The van der Waals surface area contributed by atoms with Crippen LogP contribution in [-0.4, -0.2) is 21.6 Å². The summed E-state index contributed by atoms with van der Waals surface area (Å²) < 4.78 is 6.86. The number of aromatic nitrogens is 3. The van der Waals surface area contributed by atoms with Gasteiger partial charge in [-0.2, -0.15) is 0 Å². The van der Waals surface area contributed by atoms with E-state index < -0.39 is 0 Å². The monoisotopic (exact) mass is 209 g/mol. The number of ether oxygens (including phenoxy) is 1. The molecule has 0 aliphatic heterocycles. The molecule has 0 fully saturated rings. The molecule has 0 spiro atoms. The number of imidazole rings is 1. The molecule has 0 radical (unpaired) electrons. The Morgan fingerprint density at radius 2 is 2.29 bits per heavy atom. The summed E-state index contributed by atoms with van der Waals surface area (Å²) in [5.41, 5.74) is 0. The van der Waals surface area contributed by atoms with Crippen molar-refractivity contribution in [3.05, 3.63) is 36.0 Å². The van der Waals surface area contributed by atoms with Crippen molar-refractivity contribution in [2.24, 2.45) is 0 Å². The fourth-order valence-corrected chi connectivity index (χ4v) is 1.30. The molecule has 0 saturated carbocycles. The lowest BCUT2D eigenvalue weighted by Crippen LogP contribution is -1.97. The van der Waals surface area contributed by atoms with Crippen molar-refractivity contribution in [3.8, 4) is 11.6 Å². The van der Waals surface area contributed by atoms with Crippen LogP contribution < -0.4 is 4.74 Å². The molecule has 0 bridgehead atoms. The molecule has 0 N–H and O–H groups in total. The third-order valence-corrected chi connectivity index (χ3v) is 1.96. The maximum atomic E-state index is 5.71. The number of rotatable bonds is 2. The highest BCUT2D eigenvalue weighted by Crippen LogP contribution is 2.19. The van der Waals surface area contributed by atoms with E-state index in [1.807, 2.05) is 6.07 Å². The normalized spacial score (nSPS) is 10.1. The average molecular weight is 210 g/mol. The topological polar surface area (TPSA) is 39.9 Å². The van der Waals surface area contributed by atoms with Gasteiger partial charge >= 0.3 is 0 Å². The second-order valence-corrected chi connectivity index (χ2v) is 3.02. The molecule has 4 nitrogen and oxygen atoms in total. The SMILES string of the molecule is COc1cccnc1-n1cnc(Cl)c1. The summed E-state index contributed by atoms with van der Waals surface area (Å²) in [6.45, 7) is 0. The standard InChI is InChI=1S/C9H8ClN3O/c1-14-7-3-2-4-11-9(7)13-5-8(10)12-6-13/h2-6H,1H3. The van der Waals surface area contributed by atoms with Gasteiger partial charge in [0.05, 0.1) is 7.11 Å². The van der Waals surface area contributed by atoms with Crippen LogP contribution in [0.1, 0.15) is 0 Å². The first kappa shape index (κ1) is 9.02. The Labute approximate surface area is 86.1 Å². The second kappa shape index (κ2) is 3.67. The van der Waals surface area contributed by atoms with Gasteiger partial charge in [0.2, 0.25) is 0 Å². The molecule has 5 heteroatoms. The van der Waals surface area contributed by atoms with E-state index in [9.17, 15) is 0 Å². The number of methoxy groups -OCH3 is 1. The van der Waals surface area contributed by atoms with Gasteiger partial charge < -0.3 is 4.74 Å². The minimum absolute atomic E-state index is 0.428. The lowest BCUT2D eigenvalue weighted by molar-refractivity contribution is 0.410. The zero-order chi connectivity index (χ0) is 9.97. The fraction of sp³-hybridized carbons (Fsp3) is 0.111. The van der Waals surface area contributed by atoms with Crippen LogP contribution in [0.25, 0.3) is 5.82 Å². The van der Waals surface area contributed by atoms with E-state index in [1.54, 1.807) is 36.5 Å². The molecule has 0 atom stereocenters. The van der Waals surface area contributed by atoms with Crippen molar-refractivity contribution in [2.75, 3.05) is 7.11 Å². The summed E-state index contributed by atoms with van der Waals surface area (Å²) in [5, 5.41) is 0.428. The van der Waals surface area contributed by atoms with E-state index in [0.717, 1.165) is 0 Å². The molecule has 2 aromatic heterocycles. The number of halogens is 1. The Hall–Kier alpha value is -1.55. The number of hydrogen-bond donors (Lipinski definition) is 0. The van der Waals surface area contributed by atoms with Crippen LogP contribution in [0.15, 0.2) is 30.9 Å². The zero-order valence-corrected chi connectivity index (χ0v) is 8.27. The van der Waals surface area contributed by atoms with Gasteiger partial charge in [0.25, 0.3) is 0 Å². The molecule has 0 aliphatic rings. The van der Waals surface area contributed by atoms with E-state index >= 15 is 0 Å². The van der Waals surface area contributed by atoms with Crippen LogP contribution in [0.4, 0.5) is 0 Å². The maximum absolute atomic E-state index is 5.71.